The monoisotopic (exact) mass is 389 g/mol. The molecule has 1 aromatic carbocycles. The van der Waals surface area contributed by atoms with Gasteiger partial charge in [-0.05, 0) is 24.3 Å². The predicted molar refractivity (Wildman–Crippen MR) is 98.9 cm³/mol. The average Bonchev–Trinajstić information content (AvgIpc) is 2.99. The maximum Gasteiger partial charge on any atom is 0.434 e. The molecule has 3 aliphatic heterocycles. The van der Waals surface area contributed by atoms with Crippen molar-refractivity contribution < 1.29 is 24.0 Å². The van der Waals surface area contributed by atoms with E-state index in [1.54, 1.807) is 7.11 Å². The highest BCUT2D eigenvalue weighted by Gasteiger charge is 2.49. The van der Waals surface area contributed by atoms with Crippen molar-refractivity contribution in [2.45, 2.75) is 6.04 Å². The van der Waals surface area contributed by atoms with Crippen molar-refractivity contribution in [1.29, 1.82) is 0 Å². The topological polar surface area (TPSA) is 94.7 Å². The molecule has 0 aliphatic carbocycles. The molecule has 3 heterocycles. The van der Waals surface area contributed by atoms with Gasteiger partial charge in [0, 0.05) is 51.5 Å². The van der Waals surface area contributed by atoms with E-state index in [-0.39, 0.29) is 0 Å². The number of imide groups is 1. The predicted octanol–water partition coefficient (Wildman–Crippen LogP) is 0.105. The average molecular weight is 389 g/mol. The van der Waals surface area contributed by atoms with Crippen LogP contribution in [0.25, 0.3) is 0 Å². The van der Waals surface area contributed by atoms with Crippen molar-refractivity contribution in [2.75, 3.05) is 57.8 Å². The number of benzene rings is 1. The number of anilines is 1. The molecule has 10 heteroatoms. The smallest absolute Gasteiger partial charge is 0.434 e. The molecule has 0 aromatic heterocycles. The molecule has 1 N–H and O–H groups in total. The number of rotatable bonds is 3. The molecule has 150 valence electrons. The van der Waals surface area contributed by atoms with Gasteiger partial charge in [0.25, 0.3) is 5.91 Å². The molecule has 3 aliphatic rings. The van der Waals surface area contributed by atoms with Crippen molar-refractivity contribution in [3.63, 3.8) is 0 Å². The summed E-state index contributed by atoms with van der Waals surface area (Å²) in [7, 11) is 1.62. The van der Waals surface area contributed by atoms with Crippen molar-refractivity contribution in [3.8, 4) is 5.75 Å². The molecule has 0 saturated carbocycles. The lowest BCUT2D eigenvalue weighted by Gasteiger charge is -2.35. The molecular formula is C18H23N5O5. The normalized spacial score (nSPS) is 22.4. The van der Waals surface area contributed by atoms with E-state index in [0.29, 0.717) is 50.9 Å². The number of nitrogens with one attached hydrogen (secondary N) is 1. The molecule has 3 fully saturated rings. The Morgan fingerprint density at radius 2 is 1.79 bits per heavy atom. The van der Waals surface area contributed by atoms with Crippen LogP contribution >= 0.6 is 0 Å². The summed E-state index contributed by atoms with van der Waals surface area (Å²) in [6.07, 6.45) is -0.677. The van der Waals surface area contributed by atoms with Crippen LogP contribution in [0.4, 0.5) is 15.3 Å². The Labute approximate surface area is 162 Å². The lowest BCUT2D eigenvalue weighted by molar-refractivity contribution is -0.151. The third-order valence-electron chi connectivity index (χ3n) is 5.29. The first-order valence-corrected chi connectivity index (χ1v) is 9.29. The number of urea groups is 1. The fourth-order valence-corrected chi connectivity index (χ4v) is 3.66. The van der Waals surface area contributed by atoms with Gasteiger partial charge in [-0.3, -0.25) is 4.79 Å². The van der Waals surface area contributed by atoms with Gasteiger partial charge in [0.1, 0.15) is 11.8 Å². The van der Waals surface area contributed by atoms with Crippen LogP contribution in [0.15, 0.2) is 24.3 Å². The van der Waals surface area contributed by atoms with E-state index in [1.165, 1.54) is 9.80 Å². The minimum absolute atomic E-state index is 0.374. The van der Waals surface area contributed by atoms with Gasteiger partial charge in [0.05, 0.1) is 7.11 Å². The Bertz CT molecular complexity index is 738. The summed E-state index contributed by atoms with van der Waals surface area (Å²) in [5.41, 5.74) is 1.04. The number of nitrogens with zero attached hydrogens (tertiary/aromatic N) is 4. The summed E-state index contributed by atoms with van der Waals surface area (Å²) in [5, 5.41) is 3.67. The van der Waals surface area contributed by atoms with Crippen LogP contribution < -0.4 is 15.0 Å². The van der Waals surface area contributed by atoms with Gasteiger partial charge >= 0.3 is 12.1 Å². The number of carbonyl (C=O) groups is 3. The zero-order chi connectivity index (χ0) is 19.7. The molecule has 0 spiro atoms. The first-order valence-electron chi connectivity index (χ1n) is 9.29. The van der Waals surface area contributed by atoms with E-state index in [0.717, 1.165) is 11.4 Å². The first kappa shape index (κ1) is 18.4. The van der Waals surface area contributed by atoms with Crippen molar-refractivity contribution in [1.82, 2.24) is 20.2 Å². The zero-order valence-corrected chi connectivity index (χ0v) is 15.7. The van der Waals surface area contributed by atoms with Crippen LogP contribution in [0.2, 0.25) is 0 Å². The molecule has 3 saturated heterocycles. The third-order valence-corrected chi connectivity index (χ3v) is 5.29. The summed E-state index contributed by atoms with van der Waals surface area (Å²) in [5.74, 6) is 0.292. The highest BCUT2D eigenvalue weighted by atomic mass is 16.7. The number of ether oxygens (including phenoxy) is 1. The van der Waals surface area contributed by atoms with Gasteiger partial charge in [-0.2, -0.15) is 0 Å². The molecule has 4 rings (SSSR count). The Balaban J connectivity index is 1.32. The second-order valence-corrected chi connectivity index (χ2v) is 6.86. The van der Waals surface area contributed by atoms with Crippen molar-refractivity contribution in [3.05, 3.63) is 24.3 Å². The summed E-state index contributed by atoms with van der Waals surface area (Å²) in [6.45, 7) is 3.54. The van der Waals surface area contributed by atoms with Crippen LogP contribution in [0.1, 0.15) is 0 Å². The number of fused-ring (bicyclic) bond motifs is 1. The van der Waals surface area contributed by atoms with Gasteiger partial charge in [0.2, 0.25) is 0 Å². The van der Waals surface area contributed by atoms with Crippen LogP contribution in [0.3, 0.4) is 0 Å². The van der Waals surface area contributed by atoms with Gasteiger partial charge < -0.3 is 29.6 Å². The lowest BCUT2D eigenvalue weighted by Crippen LogP contribution is -2.51. The minimum Gasteiger partial charge on any atom is -0.497 e. The highest BCUT2D eigenvalue weighted by molar-refractivity contribution is 6.04. The van der Waals surface area contributed by atoms with Crippen LogP contribution in [-0.4, -0.2) is 91.9 Å². The Morgan fingerprint density at radius 1 is 1.07 bits per heavy atom. The van der Waals surface area contributed by atoms with Crippen molar-refractivity contribution >= 4 is 23.7 Å². The SMILES string of the molecule is COc1ccc(N2CCN(C(=O)ON3C(=O)[C@@H]4CNCCN4C3=O)CC2)cc1. The zero-order valence-electron chi connectivity index (χ0n) is 15.7. The number of amides is 4. The summed E-state index contributed by atoms with van der Waals surface area (Å²) in [4.78, 5) is 47.4. The Hall–Kier alpha value is -3.01. The maximum absolute atomic E-state index is 12.5. The molecule has 1 aromatic rings. The summed E-state index contributed by atoms with van der Waals surface area (Å²) in [6, 6.07) is 6.56. The van der Waals surface area contributed by atoms with Crippen LogP contribution in [0.5, 0.6) is 5.75 Å². The van der Waals surface area contributed by atoms with Gasteiger partial charge in [-0.25, -0.2) is 9.59 Å². The fourth-order valence-electron chi connectivity index (χ4n) is 3.66. The number of carbonyl (C=O) groups excluding carboxylic acids is 3. The quantitative estimate of drug-likeness (QED) is 0.733. The maximum atomic E-state index is 12.5. The van der Waals surface area contributed by atoms with E-state index < -0.39 is 24.1 Å². The highest BCUT2D eigenvalue weighted by Crippen LogP contribution is 2.22. The standard InChI is InChI=1S/C18H23N5O5/c1-27-14-4-2-13(3-5-14)20-8-10-21(11-9-20)18(26)28-23-16(24)15-12-19-6-7-22(15)17(23)25/h2-5,15,19H,6-12H2,1H3/t15-/m0/s1. The molecule has 0 bridgehead atoms. The number of hydrogen-bond donors (Lipinski definition) is 1. The fraction of sp³-hybridized carbons (Fsp3) is 0.500. The first-order chi connectivity index (χ1) is 13.6. The molecule has 10 nitrogen and oxygen atoms in total. The Morgan fingerprint density at radius 3 is 2.43 bits per heavy atom. The minimum atomic E-state index is -0.677. The number of methoxy groups -OCH3 is 1. The van der Waals surface area contributed by atoms with E-state index in [1.807, 2.05) is 24.3 Å². The van der Waals surface area contributed by atoms with E-state index in [4.69, 9.17) is 9.57 Å². The largest absolute Gasteiger partial charge is 0.497 e. The van der Waals surface area contributed by atoms with E-state index in [9.17, 15) is 14.4 Å². The van der Waals surface area contributed by atoms with Gasteiger partial charge in [-0.15, -0.1) is 0 Å². The molecule has 1 atom stereocenters. The lowest BCUT2D eigenvalue weighted by atomic mass is 10.2. The van der Waals surface area contributed by atoms with Crippen LogP contribution in [0, 0.1) is 0 Å². The van der Waals surface area contributed by atoms with E-state index >= 15 is 0 Å². The third kappa shape index (κ3) is 3.31. The van der Waals surface area contributed by atoms with Crippen molar-refractivity contribution in [2.24, 2.45) is 0 Å². The molecule has 4 amide bonds. The molecular weight excluding hydrogens is 366 g/mol. The summed E-state index contributed by atoms with van der Waals surface area (Å²) < 4.78 is 5.17. The molecule has 0 radical (unpaired) electrons. The van der Waals surface area contributed by atoms with E-state index in [2.05, 4.69) is 10.2 Å². The number of piperazine rings is 2. The van der Waals surface area contributed by atoms with Crippen LogP contribution in [-0.2, 0) is 9.63 Å². The number of hydroxylamine groups is 2. The number of hydrogen-bond acceptors (Lipinski definition) is 7. The second kappa shape index (κ2) is 7.55. The Kier molecular flexibility index (Phi) is 4.95. The van der Waals surface area contributed by atoms with Gasteiger partial charge in [-0.1, -0.05) is 5.06 Å². The summed E-state index contributed by atoms with van der Waals surface area (Å²) >= 11 is 0. The molecule has 0 unspecified atom stereocenters. The second-order valence-electron chi connectivity index (χ2n) is 6.86. The van der Waals surface area contributed by atoms with Gasteiger partial charge in [0.15, 0.2) is 0 Å². The molecule has 28 heavy (non-hydrogen) atoms.